The fourth-order valence-corrected chi connectivity index (χ4v) is 2.21. The number of ether oxygens (including phenoxy) is 1. The summed E-state index contributed by atoms with van der Waals surface area (Å²) in [4.78, 5) is 12.3. The second-order valence-electron chi connectivity index (χ2n) is 3.44. The quantitative estimate of drug-likeness (QED) is 0.714. The van der Waals surface area contributed by atoms with Crippen LogP contribution in [0.4, 0.5) is 0 Å². The van der Waals surface area contributed by atoms with Gasteiger partial charge >= 0.3 is 0 Å². The van der Waals surface area contributed by atoms with Crippen molar-refractivity contribution in [2.24, 2.45) is 0 Å². The van der Waals surface area contributed by atoms with E-state index in [1.165, 1.54) is 11.3 Å². The van der Waals surface area contributed by atoms with E-state index in [2.05, 4.69) is 6.92 Å². The Kier molecular flexibility index (Phi) is 5.29. The SMILES string of the molecule is CCCC(C)OCC(=O)c1ccc(Cl)s1. The third-order valence-corrected chi connectivity index (χ3v) is 3.31. The minimum atomic E-state index is 0.00912. The molecule has 1 aromatic heterocycles. The minimum Gasteiger partial charge on any atom is -0.370 e. The Balaban J connectivity index is 2.36. The van der Waals surface area contributed by atoms with Crippen molar-refractivity contribution in [3.05, 3.63) is 21.3 Å². The molecule has 1 rings (SSSR count). The van der Waals surface area contributed by atoms with Gasteiger partial charge in [-0.2, -0.15) is 0 Å². The van der Waals surface area contributed by atoms with Gasteiger partial charge in [0.05, 0.1) is 15.3 Å². The van der Waals surface area contributed by atoms with Crippen LogP contribution >= 0.6 is 22.9 Å². The smallest absolute Gasteiger partial charge is 0.198 e. The van der Waals surface area contributed by atoms with Gasteiger partial charge in [-0.15, -0.1) is 11.3 Å². The fourth-order valence-electron chi connectivity index (χ4n) is 1.24. The van der Waals surface area contributed by atoms with Crippen LogP contribution in [0.3, 0.4) is 0 Å². The van der Waals surface area contributed by atoms with Crippen LogP contribution in [0, 0.1) is 0 Å². The van der Waals surface area contributed by atoms with Crippen LogP contribution in [-0.2, 0) is 4.74 Å². The van der Waals surface area contributed by atoms with Crippen molar-refractivity contribution in [1.82, 2.24) is 0 Å². The molecule has 0 aliphatic carbocycles. The standard InChI is InChI=1S/C11H15ClO2S/c1-3-4-8(2)14-7-9(13)10-5-6-11(12)15-10/h5-6,8H,3-4,7H2,1-2H3. The number of thiophene rings is 1. The molecule has 4 heteroatoms. The Bertz CT molecular complexity index is 322. The first-order valence-corrected chi connectivity index (χ1v) is 6.23. The monoisotopic (exact) mass is 246 g/mol. The van der Waals surface area contributed by atoms with Crippen molar-refractivity contribution in [2.75, 3.05) is 6.61 Å². The van der Waals surface area contributed by atoms with E-state index in [1.807, 2.05) is 6.92 Å². The average molecular weight is 247 g/mol. The highest BCUT2D eigenvalue weighted by Crippen LogP contribution is 2.21. The summed E-state index contributed by atoms with van der Waals surface area (Å²) in [6.45, 7) is 4.23. The highest BCUT2D eigenvalue weighted by atomic mass is 35.5. The van der Waals surface area contributed by atoms with Crippen LogP contribution < -0.4 is 0 Å². The molecule has 0 saturated carbocycles. The number of Topliss-reactive ketones (excluding diaryl/α,β-unsaturated/α-hetero) is 1. The lowest BCUT2D eigenvalue weighted by atomic mass is 10.2. The molecule has 0 radical (unpaired) electrons. The van der Waals surface area contributed by atoms with Gasteiger partial charge < -0.3 is 4.74 Å². The zero-order valence-electron chi connectivity index (χ0n) is 8.96. The first kappa shape index (κ1) is 12.7. The Morgan fingerprint density at radius 2 is 2.33 bits per heavy atom. The lowest BCUT2D eigenvalue weighted by Crippen LogP contribution is -2.14. The molecule has 0 aliphatic rings. The second-order valence-corrected chi connectivity index (χ2v) is 5.15. The third kappa shape index (κ3) is 4.33. The molecule has 1 aromatic rings. The molecule has 15 heavy (non-hydrogen) atoms. The van der Waals surface area contributed by atoms with Gasteiger partial charge in [-0.1, -0.05) is 24.9 Å². The molecule has 2 nitrogen and oxygen atoms in total. The maximum absolute atomic E-state index is 11.6. The van der Waals surface area contributed by atoms with Gasteiger partial charge in [0.15, 0.2) is 5.78 Å². The normalized spacial score (nSPS) is 12.7. The van der Waals surface area contributed by atoms with E-state index < -0.39 is 0 Å². The topological polar surface area (TPSA) is 26.3 Å². The van der Waals surface area contributed by atoms with E-state index >= 15 is 0 Å². The molecule has 0 bridgehead atoms. The van der Waals surface area contributed by atoms with Gasteiger partial charge in [0.25, 0.3) is 0 Å². The number of rotatable bonds is 6. The predicted octanol–water partition coefficient (Wildman–Crippen LogP) is 3.79. The Hall–Kier alpha value is -0.380. The first-order valence-electron chi connectivity index (χ1n) is 5.03. The van der Waals surface area contributed by atoms with Crippen LogP contribution in [0.5, 0.6) is 0 Å². The van der Waals surface area contributed by atoms with E-state index in [1.54, 1.807) is 12.1 Å². The van der Waals surface area contributed by atoms with Crippen LogP contribution in [0.1, 0.15) is 36.4 Å². The molecule has 0 saturated heterocycles. The van der Waals surface area contributed by atoms with Gasteiger partial charge in [0, 0.05) is 0 Å². The predicted molar refractivity (Wildman–Crippen MR) is 64.0 cm³/mol. The van der Waals surface area contributed by atoms with E-state index in [0.29, 0.717) is 9.21 Å². The molecular formula is C11H15ClO2S. The maximum Gasteiger partial charge on any atom is 0.198 e. The molecule has 0 spiro atoms. The summed E-state index contributed by atoms with van der Waals surface area (Å²) in [6.07, 6.45) is 2.20. The van der Waals surface area contributed by atoms with E-state index in [9.17, 15) is 4.79 Å². The highest BCUT2D eigenvalue weighted by Gasteiger charge is 2.10. The average Bonchev–Trinajstić information content (AvgIpc) is 2.62. The largest absolute Gasteiger partial charge is 0.370 e. The number of carbonyl (C=O) groups excluding carboxylic acids is 1. The molecule has 0 aliphatic heterocycles. The molecule has 84 valence electrons. The van der Waals surface area contributed by atoms with Gasteiger partial charge in [-0.25, -0.2) is 0 Å². The molecule has 0 fully saturated rings. The van der Waals surface area contributed by atoms with E-state index in [0.717, 1.165) is 12.8 Å². The Morgan fingerprint density at radius 3 is 2.87 bits per heavy atom. The van der Waals surface area contributed by atoms with Gasteiger partial charge in [-0.3, -0.25) is 4.79 Å². The van der Waals surface area contributed by atoms with Crippen molar-refractivity contribution >= 4 is 28.7 Å². The fraction of sp³-hybridized carbons (Fsp3) is 0.545. The zero-order valence-corrected chi connectivity index (χ0v) is 10.5. The van der Waals surface area contributed by atoms with Gasteiger partial charge in [0.1, 0.15) is 6.61 Å². The van der Waals surface area contributed by atoms with Crippen molar-refractivity contribution in [1.29, 1.82) is 0 Å². The summed E-state index contributed by atoms with van der Waals surface area (Å²) in [6, 6.07) is 3.47. The summed E-state index contributed by atoms with van der Waals surface area (Å²) < 4.78 is 6.06. The summed E-state index contributed by atoms with van der Waals surface area (Å²) in [7, 11) is 0. The van der Waals surface area contributed by atoms with Crippen LogP contribution in [0.15, 0.2) is 12.1 Å². The molecule has 1 unspecified atom stereocenters. The second kappa shape index (κ2) is 6.26. The maximum atomic E-state index is 11.6. The van der Waals surface area contributed by atoms with Crippen molar-refractivity contribution in [3.63, 3.8) is 0 Å². The minimum absolute atomic E-state index is 0.00912. The third-order valence-electron chi connectivity index (χ3n) is 2.04. The van der Waals surface area contributed by atoms with Crippen molar-refractivity contribution < 1.29 is 9.53 Å². The summed E-state index contributed by atoms with van der Waals surface area (Å²) in [5, 5.41) is 0. The molecule has 0 N–H and O–H groups in total. The number of carbonyl (C=O) groups is 1. The van der Waals surface area contributed by atoms with Crippen LogP contribution in [0.2, 0.25) is 4.34 Å². The lowest BCUT2D eigenvalue weighted by Gasteiger charge is -2.10. The number of hydrogen-bond donors (Lipinski definition) is 0. The number of halogens is 1. The molecule has 1 heterocycles. The molecular weight excluding hydrogens is 232 g/mol. The summed E-state index contributed by atoms with van der Waals surface area (Å²) >= 11 is 7.04. The van der Waals surface area contributed by atoms with E-state index in [4.69, 9.17) is 16.3 Å². The molecule has 1 atom stereocenters. The lowest BCUT2D eigenvalue weighted by molar-refractivity contribution is 0.0493. The van der Waals surface area contributed by atoms with Crippen molar-refractivity contribution in [2.45, 2.75) is 32.8 Å². The Labute approximate surface area is 99.2 Å². The molecule has 0 aromatic carbocycles. The molecule has 0 amide bonds. The highest BCUT2D eigenvalue weighted by molar-refractivity contribution is 7.18. The van der Waals surface area contributed by atoms with Crippen LogP contribution in [-0.4, -0.2) is 18.5 Å². The van der Waals surface area contributed by atoms with Gasteiger partial charge in [-0.05, 0) is 25.5 Å². The van der Waals surface area contributed by atoms with Gasteiger partial charge in [0.2, 0.25) is 0 Å². The van der Waals surface area contributed by atoms with Crippen molar-refractivity contribution in [3.8, 4) is 0 Å². The van der Waals surface area contributed by atoms with E-state index in [-0.39, 0.29) is 18.5 Å². The first-order chi connectivity index (χ1) is 7.13. The zero-order chi connectivity index (χ0) is 11.3. The number of hydrogen-bond acceptors (Lipinski definition) is 3. The number of ketones is 1. The summed E-state index contributed by atoms with van der Waals surface area (Å²) in [5.41, 5.74) is 0. The van der Waals surface area contributed by atoms with Crippen LogP contribution in [0.25, 0.3) is 0 Å². The Morgan fingerprint density at radius 1 is 1.60 bits per heavy atom. The summed E-state index contributed by atoms with van der Waals surface area (Å²) in [5.74, 6) is 0.00912.